The number of nitrogens with two attached hydrogens (primary N) is 1. The molecule has 0 saturated heterocycles. The first-order valence-electron chi connectivity index (χ1n) is 8.03. The van der Waals surface area contributed by atoms with Gasteiger partial charge in [0.05, 0.1) is 5.25 Å². The summed E-state index contributed by atoms with van der Waals surface area (Å²) in [6.07, 6.45) is 0.663. The Morgan fingerprint density at radius 1 is 1.28 bits per heavy atom. The summed E-state index contributed by atoms with van der Waals surface area (Å²) in [6.45, 7) is 4.35. The van der Waals surface area contributed by atoms with Crippen molar-refractivity contribution in [3.05, 3.63) is 41.2 Å². The number of primary amides is 1. The van der Waals surface area contributed by atoms with Gasteiger partial charge < -0.3 is 15.6 Å². The van der Waals surface area contributed by atoms with Crippen molar-refractivity contribution in [3.8, 4) is 0 Å². The summed E-state index contributed by atoms with van der Waals surface area (Å²) in [5.41, 5.74) is 7.40. The van der Waals surface area contributed by atoms with Crippen LogP contribution in [0, 0.1) is 6.92 Å². The Labute approximate surface area is 151 Å². The van der Waals surface area contributed by atoms with E-state index < -0.39 is 0 Å². The van der Waals surface area contributed by atoms with Crippen molar-refractivity contribution in [1.82, 2.24) is 20.1 Å². The number of hydrogen-bond acceptors (Lipinski definition) is 5. The van der Waals surface area contributed by atoms with Crippen molar-refractivity contribution in [1.29, 1.82) is 0 Å². The van der Waals surface area contributed by atoms with Crippen LogP contribution in [-0.4, -0.2) is 31.8 Å². The maximum Gasteiger partial charge on any atom is 0.233 e. The Morgan fingerprint density at radius 3 is 2.60 bits per heavy atom. The molecule has 3 N–H and O–H groups in total. The van der Waals surface area contributed by atoms with Crippen LogP contribution in [0.2, 0.25) is 0 Å². The smallest absolute Gasteiger partial charge is 0.233 e. The molecule has 0 saturated carbocycles. The summed E-state index contributed by atoms with van der Waals surface area (Å²) < 4.78 is 1.79. The topological polar surface area (TPSA) is 103 Å². The minimum atomic E-state index is -0.374. The van der Waals surface area contributed by atoms with Crippen LogP contribution in [0.15, 0.2) is 29.4 Å². The lowest BCUT2D eigenvalue weighted by molar-refractivity contribution is -0.120. The summed E-state index contributed by atoms with van der Waals surface area (Å²) in [4.78, 5) is 23.1. The first-order chi connectivity index (χ1) is 11.9. The lowest BCUT2D eigenvalue weighted by Gasteiger charge is -2.12. The molecular weight excluding hydrogens is 338 g/mol. The molecule has 1 atom stereocenters. The second kappa shape index (κ2) is 8.66. The van der Waals surface area contributed by atoms with Gasteiger partial charge in [0.2, 0.25) is 11.8 Å². The lowest BCUT2D eigenvalue weighted by atomic mass is 10.1. The Balaban J connectivity index is 1.88. The van der Waals surface area contributed by atoms with Crippen LogP contribution in [0.5, 0.6) is 0 Å². The molecule has 0 bridgehead atoms. The number of aromatic nitrogens is 3. The number of carbonyl (C=O) groups excluding carboxylic acids is 2. The molecule has 2 aromatic rings. The van der Waals surface area contributed by atoms with Crippen molar-refractivity contribution in [2.75, 3.05) is 0 Å². The molecule has 0 aliphatic carbocycles. The van der Waals surface area contributed by atoms with E-state index in [9.17, 15) is 9.59 Å². The van der Waals surface area contributed by atoms with E-state index in [1.54, 1.807) is 4.57 Å². The zero-order valence-electron chi connectivity index (χ0n) is 14.7. The normalized spacial score (nSPS) is 12.0. The zero-order valence-corrected chi connectivity index (χ0v) is 15.5. The molecule has 7 nitrogen and oxygen atoms in total. The molecule has 1 aromatic carbocycles. The third-order valence-electron chi connectivity index (χ3n) is 3.76. The fourth-order valence-corrected chi connectivity index (χ4v) is 3.01. The summed E-state index contributed by atoms with van der Waals surface area (Å²) in [6, 6.07) is 8.04. The fraction of sp³-hybridized carbons (Fsp3) is 0.412. The van der Waals surface area contributed by atoms with Crippen LogP contribution < -0.4 is 11.1 Å². The molecule has 8 heteroatoms. The predicted molar refractivity (Wildman–Crippen MR) is 96.9 cm³/mol. The fourth-order valence-electron chi connectivity index (χ4n) is 2.15. The average molecular weight is 361 g/mol. The number of rotatable bonds is 8. The van der Waals surface area contributed by atoms with Crippen LogP contribution in [0.4, 0.5) is 0 Å². The quantitative estimate of drug-likeness (QED) is 0.691. The highest BCUT2D eigenvalue weighted by Gasteiger charge is 2.18. The van der Waals surface area contributed by atoms with Crippen molar-refractivity contribution in [2.45, 2.75) is 43.6 Å². The standard InChI is InChI=1S/C17H23N5O2S/c1-11-4-6-13(7-5-11)10-19-16(24)12(2)25-17-21-20-15(22(17)3)9-8-14(18)23/h4-7,12H,8-10H2,1-3H3,(H2,18,23)(H,19,24)/t12-/m1/s1. The summed E-state index contributed by atoms with van der Waals surface area (Å²) in [7, 11) is 1.82. The molecule has 0 unspecified atom stereocenters. The van der Waals surface area contributed by atoms with Crippen LogP contribution in [0.1, 0.15) is 30.3 Å². The highest BCUT2D eigenvalue weighted by Crippen LogP contribution is 2.22. The van der Waals surface area contributed by atoms with Crippen LogP contribution in [0.3, 0.4) is 0 Å². The molecule has 1 aromatic heterocycles. The number of nitrogens with zero attached hydrogens (tertiary/aromatic N) is 3. The van der Waals surface area contributed by atoms with E-state index in [-0.39, 0.29) is 23.5 Å². The largest absolute Gasteiger partial charge is 0.370 e. The summed E-state index contributed by atoms with van der Waals surface area (Å²) in [5, 5.41) is 11.4. The minimum Gasteiger partial charge on any atom is -0.370 e. The van der Waals surface area contributed by atoms with Gasteiger partial charge in [0, 0.05) is 26.4 Å². The number of thioether (sulfide) groups is 1. The second-order valence-corrected chi connectivity index (χ2v) is 7.20. The molecular formula is C17H23N5O2S. The van der Waals surface area contributed by atoms with E-state index in [1.165, 1.54) is 17.3 Å². The summed E-state index contributed by atoms with van der Waals surface area (Å²) >= 11 is 1.33. The molecule has 0 spiro atoms. The number of nitrogens with one attached hydrogen (secondary N) is 1. The molecule has 1 heterocycles. The lowest BCUT2D eigenvalue weighted by Crippen LogP contribution is -2.30. The monoisotopic (exact) mass is 361 g/mol. The van der Waals surface area contributed by atoms with Crippen LogP contribution in [0.25, 0.3) is 0 Å². The van der Waals surface area contributed by atoms with E-state index in [2.05, 4.69) is 15.5 Å². The Kier molecular flexibility index (Phi) is 6.58. The second-order valence-electron chi connectivity index (χ2n) is 5.89. The first-order valence-corrected chi connectivity index (χ1v) is 8.91. The van der Waals surface area contributed by atoms with Crippen molar-refractivity contribution in [3.63, 3.8) is 0 Å². The van der Waals surface area contributed by atoms with Gasteiger partial charge in [-0.05, 0) is 19.4 Å². The molecule has 2 amide bonds. The maximum absolute atomic E-state index is 12.3. The van der Waals surface area contributed by atoms with E-state index in [0.717, 1.165) is 5.56 Å². The molecule has 0 fully saturated rings. The van der Waals surface area contributed by atoms with E-state index >= 15 is 0 Å². The number of benzene rings is 1. The Morgan fingerprint density at radius 2 is 1.96 bits per heavy atom. The maximum atomic E-state index is 12.3. The van der Waals surface area contributed by atoms with Crippen LogP contribution in [-0.2, 0) is 29.6 Å². The third-order valence-corrected chi connectivity index (χ3v) is 4.89. The Hall–Kier alpha value is -2.35. The Bertz CT molecular complexity index is 742. The number of aryl methyl sites for hydroxylation is 2. The summed E-state index contributed by atoms with van der Waals surface area (Å²) in [5.74, 6) is 0.238. The predicted octanol–water partition coefficient (Wildman–Crippen LogP) is 1.34. The molecule has 0 aliphatic heterocycles. The van der Waals surface area contributed by atoms with Gasteiger partial charge >= 0.3 is 0 Å². The van der Waals surface area contributed by atoms with Gasteiger partial charge in [0.15, 0.2) is 5.16 Å². The molecule has 25 heavy (non-hydrogen) atoms. The van der Waals surface area contributed by atoms with Gasteiger partial charge in [-0.15, -0.1) is 10.2 Å². The van der Waals surface area contributed by atoms with E-state index in [0.29, 0.717) is 23.9 Å². The van der Waals surface area contributed by atoms with E-state index in [4.69, 9.17) is 5.73 Å². The van der Waals surface area contributed by atoms with Crippen molar-refractivity contribution in [2.24, 2.45) is 12.8 Å². The van der Waals surface area contributed by atoms with Gasteiger partial charge in [0.1, 0.15) is 5.82 Å². The van der Waals surface area contributed by atoms with Crippen molar-refractivity contribution >= 4 is 23.6 Å². The van der Waals surface area contributed by atoms with Crippen LogP contribution >= 0.6 is 11.8 Å². The number of carbonyl (C=O) groups is 2. The number of amides is 2. The van der Waals surface area contributed by atoms with Gasteiger partial charge in [-0.2, -0.15) is 0 Å². The molecule has 0 radical (unpaired) electrons. The third kappa shape index (κ3) is 5.60. The van der Waals surface area contributed by atoms with Gasteiger partial charge in [-0.1, -0.05) is 41.6 Å². The minimum absolute atomic E-state index is 0.0627. The number of hydrogen-bond donors (Lipinski definition) is 2. The highest BCUT2D eigenvalue weighted by molar-refractivity contribution is 8.00. The van der Waals surface area contributed by atoms with E-state index in [1.807, 2.05) is 45.2 Å². The van der Waals surface area contributed by atoms with Crippen molar-refractivity contribution < 1.29 is 9.59 Å². The average Bonchev–Trinajstić information content (AvgIpc) is 2.92. The highest BCUT2D eigenvalue weighted by atomic mass is 32.2. The first kappa shape index (κ1) is 19.0. The molecule has 134 valence electrons. The van der Waals surface area contributed by atoms with Gasteiger partial charge in [0.25, 0.3) is 0 Å². The molecule has 0 aliphatic rings. The molecule has 2 rings (SSSR count). The SMILES string of the molecule is Cc1ccc(CNC(=O)[C@@H](C)Sc2nnc(CCC(N)=O)n2C)cc1. The van der Waals surface area contributed by atoms with Gasteiger partial charge in [-0.25, -0.2) is 0 Å². The zero-order chi connectivity index (χ0) is 18.4. The van der Waals surface area contributed by atoms with Gasteiger partial charge in [-0.3, -0.25) is 9.59 Å².